The first-order valence-corrected chi connectivity index (χ1v) is 8.36. The number of nitro benzene ring substituents is 1. The summed E-state index contributed by atoms with van der Waals surface area (Å²) < 4.78 is 0. The number of phenolic OH excluding ortho intramolecular Hbond substituents is 1. The van der Waals surface area contributed by atoms with Crippen LogP contribution in [0.15, 0.2) is 36.4 Å². The van der Waals surface area contributed by atoms with Crippen molar-refractivity contribution in [1.29, 1.82) is 0 Å². The fourth-order valence-electron chi connectivity index (χ4n) is 2.28. The van der Waals surface area contributed by atoms with Gasteiger partial charge >= 0.3 is 0 Å². The number of nitrogens with zero attached hydrogens (tertiary/aromatic N) is 1. The van der Waals surface area contributed by atoms with E-state index in [1.807, 2.05) is 27.7 Å². The van der Waals surface area contributed by atoms with Crippen LogP contribution in [0.4, 0.5) is 11.4 Å². The number of non-ortho nitro benzene ring substituents is 1. The van der Waals surface area contributed by atoms with Crippen molar-refractivity contribution in [3.05, 3.63) is 63.2 Å². The maximum atomic E-state index is 12.4. The van der Waals surface area contributed by atoms with E-state index in [2.05, 4.69) is 5.32 Å². The lowest BCUT2D eigenvalue weighted by Crippen LogP contribution is -2.14. The lowest BCUT2D eigenvalue weighted by molar-refractivity contribution is -0.384. The molecule has 0 aliphatic rings. The molecule has 0 aromatic heterocycles. The maximum Gasteiger partial charge on any atom is 0.269 e. The number of aromatic hydroxyl groups is 1. The highest BCUT2D eigenvalue weighted by atomic mass is 16.6. The van der Waals surface area contributed by atoms with Gasteiger partial charge < -0.3 is 10.4 Å². The van der Waals surface area contributed by atoms with Crippen molar-refractivity contribution < 1.29 is 14.8 Å². The largest absolute Gasteiger partial charge is 0.507 e. The molecule has 0 aliphatic carbocycles. The zero-order chi connectivity index (χ0) is 19.0. The van der Waals surface area contributed by atoms with Crippen molar-refractivity contribution in [3.63, 3.8) is 0 Å². The number of hydrogen-bond donors (Lipinski definition) is 2. The monoisotopic (exact) mass is 344 g/mol. The Kier molecular flexibility index (Phi) is 7.59. The first-order valence-electron chi connectivity index (χ1n) is 8.36. The van der Waals surface area contributed by atoms with Crippen molar-refractivity contribution in [2.75, 3.05) is 5.32 Å². The summed E-state index contributed by atoms with van der Waals surface area (Å²) in [5.41, 5.74) is 2.27. The molecule has 0 bridgehead atoms. The fourth-order valence-corrected chi connectivity index (χ4v) is 2.28. The second-order valence-electron chi connectivity index (χ2n) is 5.11. The van der Waals surface area contributed by atoms with Crippen molar-refractivity contribution in [2.45, 2.75) is 40.5 Å². The molecule has 0 fully saturated rings. The van der Waals surface area contributed by atoms with Gasteiger partial charge in [-0.2, -0.15) is 0 Å². The number of nitro groups is 1. The van der Waals surface area contributed by atoms with Crippen molar-refractivity contribution in [2.24, 2.45) is 0 Å². The Morgan fingerprint density at radius 3 is 2.36 bits per heavy atom. The van der Waals surface area contributed by atoms with E-state index in [1.165, 1.54) is 24.3 Å². The molecule has 134 valence electrons. The Morgan fingerprint density at radius 2 is 1.80 bits per heavy atom. The summed E-state index contributed by atoms with van der Waals surface area (Å²) in [6, 6.07) is 9.19. The predicted molar refractivity (Wildman–Crippen MR) is 99.3 cm³/mol. The van der Waals surface area contributed by atoms with Gasteiger partial charge in [0.1, 0.15) is 5.75 Å². The number of hydrogen-bond acceptors (Lipinski definition) is 4. The van der Waals surface area contributed by atoms with Gasteiger partial charge in [-0.3, -0.25) is 14.9 Å². The molecule has 0 saturated carbocycles. The molecule has 0 saturated heterocycles. The molecule has 2 aromatic rings. The Hall–Kier alpha value is -2.89. The molecule has 0 unspecified atom stereocenters. The minimum absolute atomic E-state index is 0.0179. The number of carbonyl (C=O) groups is 1. The average Bonchev–Trinajstić information content (AvgIpc) is 2.63. The van der Waals surface area contributed by atoms with Gasteiger partial charge in [0.05, 0.1) is 10.5 Å². The fraction of sp³-hybridized carbons (Fsp3) is 0.316. The zero-order valence-corrected chi connectivity index (χ0v) is 15.0. The number of amides is 1. The number of anilines is 1. The van der Waals surface area contributed by atoms with Crippen LogP contribution >= 0.6 is 0 Å². The molecule has 2 rings (SSSR count). The Bertz CT molecular complexity index is 757. The quantitative estimate of drug-likeness (QED) is 0.607. The van der Waals surface area contributed by atoms with Crippen LogP contribution < -0.4 is 5.32 Å². The summed E-state index contributed by atoms with van der Waals surface area (Å²) in [6.45, 7) is 7.81. The standard InChI is InChI=1S/C17H18N2O4.C2H6/c1-3-11-5-8-16(20)14(9-11)17(21)18-15-7-6-13(19(22)23)10-12(15)4-2;1-2/h5-10,20H,3-4H2,1-2H3,(H,18,21);1-2H3. The van der Waals surface area contributed by atoms with E-state index >= 15 is 0 Å². The van der Waals surface area contributed by atoms with E-state index < -0.39 is 10.8 Å². The number of rotatable bonds is 5. The third-order valence-corrected chi connectivity index (χ3v) is 3.64. The van der Waals surface area contributed by atoms with Crippen molar-refractivity contribution in [1.82, 2.24) is 0 Å². The van der Waals surface area contributed by atoms with Crippen LogP contribution in [0.3, 0.4) is 0 Å². The molecular weight excluding hydrogens is 320 g/mol. The summed E-state index contributed by atoms with van der Waals surface area (Å²) in [6.07, 6.45) is 1.29. The van der Waals surface area contributed by atoms with Gasteiger partial charge in [-0.15, -0.1) is 0 Å². The van der Waals surface area contributed by atoms with Gasteiger partial charge in [-0.25, -0.2) is 0 Å². The molecule has 0 aliphatic heterocycles. The van der Waals surface area contributed by atoms with Crippen LogP contribution in [0.5, 0.6) is 5.75 Å². The minimum Gasteiger partial charge on any atom is -0.507 e. The highest BCUT2D eigenvalue weighted by Gasteiger charge is 2.15. The lowest BCUT2D eigenvalue weighted by atomic mass is 10.1. The van der Waals surface area contributed by atoms with Crippen molar-refractivity contribution in [3.8, 4) is 5.75 Å². The summed E-state index contributed by atoms with van der Waals surface area (Å²) in [4.78, 5) is 22.7. The molecule has 25 heavy (non-hydrogen) atoms. The van der Waals surface area contributed by atoms with Gasteiger partial charge in [-0.1, -0.05) is 33.8 Å². The van der Waals surface area contributed by atoms with E-state index in [0.29, 0.717) is 17.7 Å². The van der Waals surface area contributed by atoms with E-state index in [9.17, 15) is 20.0 Å². The Balaban J connectivity index is 0.00000151. The van der Waals surface area contributed by atoms with Crippen LogP contribution in [0.25, 0.3) is 0 Å². The normalized spacial score (nSPS) is 9.76. The highest BCUT2D eigenvalue weighted by Crippen LogP contribution is 2.25. The Labute approximate surface area is 147 Å². The number of carbonyl (C=O) groups excluding carboxylic acids is 1. The summed E-state index contributed by atoms with van der Waals surface area (Å²) in [7, 11) is 0. The minimum atomic E-state index is -0.471. The molecule has 6 heteroatoms. The highest BCUT2D eigenvalue weighted by molar-refractivity contribution is 6.06. The van der Waals surface area contributed by atoms with Crippen LogP contribution in [0, 0.1) is 10.1 Å². The third-order valence-electron chi connectivity index (χ3n) is 3.64. The van der Waals surface area contributed by atoms with E-state index in [-0.39, 0.29) is 17.0 Å². The van der Waals surface area contributed by atoms with Gasteiger partial charge in [-0.05, 0) is 42.2 Å². The number of aryl methyl sites for hydroxylation is 2. The van der Waals surface area contributed by atoms with E-state index in [1.54, 1.807) is 12.1 Å². The van der Waals surface area contributed by atoms with Gasteiger partial charge in [0.15, 0.2) is 0 Å². The SMILES string of the molecule is CC.CCc1ccc(O)c(C(=O)Nc2ccc([N+](=O)[O-])cc2CC)c1. The first kappa shape index (κ1) is 20.2. The maximum absolute atomic E-state index is 12.4. The first-order chi connectivity index (χ1) is 12.0. The van der Waals surface area contributed by atoms with Gasteiger partial charge in [0.25, 0.3) is 11.6 Å². The lowest BCUT2D eigenvalue weighted by Gasteiger charge is -2.11. The summed E-state index contributed by atoms with van der Waals surface area (Å²) in [5, 5.41) is 23.4. The zero-order valence-electron chi connectivity index (χ0n) is 15.0. The predicted octanol–water partition coefficient (Wildman–Crippen LogP) is 4.70. The molecule has 6 nitrogen and oxygen atoms in total. The molecule has 2 N–H and O–H groups in total. The van der Waals surface area contributed by atoms with E-state index in [4.69, 9.17) is 0 Å². The number of benzene rings is 2. The molecule has 0 spiro atoms. The second kappa shape index (κ2) is 9.42. The smallest absolute Gasteiger partial charge is 0.269 e. The van der Waals surface area contributed by atoms with Crippen molar-refractivity contribution >= 4 is 17.3 Å². The molecule has 0 heterocycles. The van der Waals surface area contributed by atoms with Crippen LogP contribution in [0.2, 0.25) is 0 Å². The summed E-state index contributed by atoms with van der Waals surface area (Å²) >= 11 is 0. The molecule has 0 atom stereocenters. The van der Waals surface area contributed by atoms with E-state index in [0.717, 1.165) is 12.0 Å². The van der Waals surface area contributed by atoms with Gasteiger partial charge in [0, 0.05) is 17.8 Å². The molecular formula is C19H24N2O4. The van der Waals surface area contributed by atoms with Crippen LogP contribution in [-0.4, -0.2) is 15.9 Å². The molecule has 2 aromatic carbocycles. The molecule has 1 amide bonds. The van der Waals surface area contributed by atoms with Crippen LogP contribution in [-0.2, 0) is 12.8 Å². The number of phenols is 1. The average molecular weight is 344 g/mol. The molecule has 0 radical (unpaired) electrons. The third kappa shape index (κ3) is 5.04. The number of nitrogens with one attached hydrogen (secondary N) is 1. The summed E-state index contributed by atoms with van der Waals surface area (Å²) in [5.74, 6) is -0.541. The van der Waals surface area contributed by atoms with Crippen LogP contribution in [0.1, 0.15) is 49.2 Å². The second-order valence-corrected chi connectivity index (χ2v) is 5.11. The topological polar surface area (TPSA) is 92.5 Å². The Morgan fingerprint density at radius 1 is 1.12 bits per heavy atom. The van der Waals surface area contributed by atoms with Gasteiger partial charge in [0.2, 0.25) is 0 Å².